The highest BCUT2D eigenvalue weighted by molar-refractivity contribution is 7.89. The van der Waals surface area contributed by atoms with E-state index >= 15 is 0 Å². The van der Waals surface area contributed by atoms with Crippen LogP contribution in [0.4, 0.5) is 0 Å². The summed E-state index contributed by atoms with van der Waals surface area (Å²) in [6, 6.07) is 9.68. The molecule has 1 rings (SSSR count). The Kier molecular flexibility index (Phi) is 6.89. The van der Waals surface area contributed by atoms with Crippen molar-refractivity contribution >= 4 is 18.1 Å². The molecule has 0 aliphatic carbocycles. The van der Waals surface area contributed by atoms with Crippen molar-refractivity contribution in [3.8, 4) is 23.4 Å². The zero-order valence-corrected chi connectivity index (χ0v) is 16.9. The van der Waals surface area contributed by atoms with Gasteiger partial charge in [-0.2, -0.15) is 0 Å². The summed E-state index contributed by atoms with van der Waals surface area (Å²) in [5, 5.41) is 0. The molecule has 0 saturated carbocycles. The molecule has 1 aromatic carbocycles. The second kappa shape index (κ2) is 8.24. The Balaban J connectivity index is 3.15. The number of aryl methyl sites for hydroxylation is 1. The summed E-state index contributed by atoms with van der Waals surface area (Å²) in [4.78, 5) is 0.255. The zero-order valence-electron chi connectivity index (χ0n) is 15.1. The molecule has 24 heavy (non-hydrogen) atoms. The number of allylic oxidation sites excluding steroid dienone is 1. The van der Waals surface area contributed by atoms with Crippen molar-refractivity contribution in [1.82, 2.24) is 4.31 Å². The van der Waals surface area contributed by atoms with Crippen LogP contribution < -0.4 is 0 Å². The van der Waals surface area contributed by atoms with E-state index in [1.54, 1.807) is 24.3 Å². The highest BCUT2D eigenvalue weighted by atomic mass is 32.2. The van der Waals surface area contributed by atoms with Crippen LogP contribution in [0.25, 0.3) is 0 Å². The summed E-state index contributed by atoms with van der Waals surface area (Å²) in [6.45, 7) is 13.9. The molecular weight excluding hydrogens is 334 g/mol. The van der Waals surface area contributed by atoms with Gasteiger partial charge < -0.3 is 0 Å². The normalized spacial score (nSPS) is 10.9. The van der Waals surface area contributed by atoms with E-state index in [4.69, 9.17) is 0 Å². The molecule has 0 heterocycles. The van der Waals surface area contributed by atoms with Crippen LogP contribution in [0, 0.1) is 30.4 Å². The minimum atomic E-state index is -3.65. The highest BCUT2D eigenvalue weighted by Crippen LogP contribution is 2.16. The third-order valence-electron chi connectivity index (χ3n) is 2.91. The number of rotatable bonds is 4. The van der Waals surface area contributed by atoms with E-state index in [1.807, 2.05) is 13.8 Å². The first-order chi connectivity index (χ1) is 11.0. The lowest BCUT2D eigenvalue weighted by molar-refractivity contribution is 0.516. The van der Waals surface area contributed by atoms with Crippen LogP contribution in [0.2, 0.25) is 19.6 Å². The first kappa shape index (κ1) is 20.1. The van der Waals surface area contributed by atoms with Crippen molar-refractivity contribution in [2.45, 2.75) is 44.8 Å². The molecular formula is C19H25NO2SSi. The maximum absolute atomic E-state index is 12.9. The minimum absolute atomic E-state index is 0.244. The summed E-state index contributed by atoms with van der Waals surface area (Å²) in [5.41, 5.74) is 4.90. The van der Waals surface area contributed by atoms with E-state index in [9.17, 15) is 8.42 Å². The van der Waals surface area contributed by atoms with Crippen LogP contribution >= 0.6 is 0 Å². The van der Waals surface area contributed by atoms with Crippen molar-refractivity contribution < 1.29 is 8.42 Å². The van der Waals surface area contributed by atoms with E-state index in [0.29, 0.717) is 6.42 Å². The van der Waals surface area contributed by atoms with Crippen LogP contribution in [0.3, 0.4) is 0 Å². The number of nitrogens with zero attached hydrogens (tertiary/aromatic N) is 1. The van der Waals surface area contributed by atoms with Gasteiger partial charge in [0.1, 0.15) is 8.07 Å². The zero-order chi connectivity index (χ0) is 18.4. The van der Waals surface area contributed by atoms with Gasteiger partial charge in [0.25, 0.3) is 10.0 Å². The Labute approximate surface area is 147 Å². The monoisotopic (exact) mass is 359 g/mol. The fourth-order valence-electron chi connectivity index (χ4n) is 1.67. The quantitative estimate of drug-likeness (QED) is 0.466. The third-order valence-corrected chi connectivity index (χ3v) is 5.49. The fraction of sp³-hybridized carbons (Fsp3) is 0.368. The van der Waals surface area contributed by atoms with Gasteiger partial charge in [0.15, 0.2) is 0 Å². The molecule has 0 aliphatic heterocycles. The van der Waals surface area contributed by atoms with Gasteiger partial charge in [0.2, 0.25) is 0 Å². The smallest absolute Gasteiger partial charge is 0.224 e. The van der Waals surface area contributed by atoms with Gasteiger partial charge in [-0.1, -0.05) is 55.8 Å². The average Bonchev–Trinajstić information content (AvgIpc) is 2.45. The van der Waals surface area contributed by atoms with Crippen molar-refractivity contribution in [1.29, 1.82) is 0 Å². The van der Waals surface area contributed by atoms with Crippen molar-refractivity contribution in [3.05, 3.63) is 42.0 Å². The molecule has 0 aromatic heterocycles. The van der Waals surface area contributed by atoms with E-state index in [2.05, 4.69) is 49.6 Å². The topological polar surface area (TPSA) is 37.4 Å². The van der Waals surface area contributed by atoms with Crippen molar-refractivity contribution in [2.75, 3.05) is 6.54 Å². The predicted octanol–water partition coefficient (Wildman–Crippen LogP) is 3.79. The van der Waals surface area contributed by atoms with Gasteiger partial charge in [-0.05, 0) is 31.6 Å². The standard InChI is InChI=1S/C19H25NO2SSi/c1-17(2)9-7-8-14-20(15-16-24(4,5)6)23(21,22)19-12-10-18(3)11-13-19/h10-13H,1,8,14H2,2-6H3. The molecule has 0 atom stereocenters. The molecule has 0 spiro atoms. The Morgan fingerprint density at radius 3 is 2.29 bits per heavy atom. The fourth-order valence-corrected chi connectivity index (χ4v) is 3.46. The van der Waals surface area contributed by atoms with Gasteiger partial charge in [-0.3, -0.25) is 0 Å². The Morgan fingerprint density at radius 2 is 1.79 bits per heavy atom. The second-order valence-electron chi connectivity index (χ2n) is 6.71. The summed E-state index contributed by atoms with van der Waals surface area (Å²) < 4.78 is 26.9. The highest BCUT2D eigenvalue weighted by Gasteiger charge is 2.22. The Morgan fingerprint density at radius 1 is 1.21 bits per heavy atom. The third kappa shape index (κ3) is 6.66. The maximum Gasteiger partial charge on any atom is 0.270 e. The van der Waals surface area contributed by atoms with Crippen LogP contribution in [0.5, 0.6) is 0 Å². The van der Waals surface area contributed by atoms with E-state index in [1.165, 1.54) is 4.31 Å². The SMILES string of the molecule is C=C(C)C#CCCN(C#C[Si](C)(C)C)S(=O)(=O)c1ccc(C)cc1. The summed E-state index contributed by atoms with van der Waals surface area (Å²) in [6.07, 6.45) is 0.415. The van der Waals surface area contributed by atoms with E-state index in [0.717, 1.165) is 11.1 Å². The number of hydrogen-bond acceptors (Lipinski definition) is 2. The van der Waals surface area contributed by atoms with Gasteiger partial charge in [0, 0.05) is 12.5 Å². The summed E-state index contributed by atoms with van der Waals surface area (Å²) in [5.74, 6) is 5.80. The van der Waals surface area contributed by atoms with E-state index < -0.39 is 18.1 Å². The molecule has 128 valence electrons. The first-order valence-electron chi connectivity index (χ1n) is 7.79. The molecule has 0 unspecified atom stereocenters. The first-order valence-corrected chi connectivity index (χ1v) is 12.7. The van der Waals surface area contributed by atoms with E-state index in [-0.39, 0.29) is 11.4 Å². The molecule has 0 fully saturated rings. The van der Waals surface area contributed by atoms with Crippen LogP contribution in [-0.4, -0.2) is 27.3 Å². The molecule has 5 heteroatoms. The second-order valence-corrected chi connectivity index (χ2v) is 13.3. The molecule has 0 aliphatic rings. The van der Waals surface area contributed by atoms with Crippen LogP contribution in [0.15, 0.2) is 41.3 Å². The van der Waals surface area contributed by atoms with Gasteiger partial charge in [-0.25, -0.2) is 12.7 Å². The lowest BCUT2D eigenvalue weighted by atomic mass is 10.2. The van der Waals surface area contributed by atoms with Crippen molar-refractivity contribution in [3.63, 3.8) is 0 Å². The molecule has 0 amide bonds. The van der Waals surface area contributed by atoms with Crippen molar-refractivity contribution in [2.24, 2.45) is 0 Å². The summed E-state index contributed by atoms with van der Waals surface area (Å²) >= 11 is 0. The lowest BCUT2D eigenvalue weighted by Gasteiger charge is -2.18. The average molecular weight is 360 g/mol. The summed E-state index contributed by atoms with van der Waals surface area (Å²) in [7, 11) is -5.34. The molecule has 3 nitrogen and oxygen atoms in total. The van der Waals surface area contributed by atoms with Gasteiger partial charge in [0.05, 0.1) is 11.4 Å². The molecule has 0 N–H and O–H groups in total. The Hall–Kier alpha value is -1.95. The molecule has 0 bridgehead atoms. The molecule has 0 radical (unpaired) electrons. The lowest BCUT2D eigenvalue weighted by Crippen LogP contribution is -2.29. The van der Waals surface area contributed by atoms with Gasteiger partial charge in [-0.15, -0.1) is 5.54 Å². The number of sulfonamides is 1. The Bertz CT molecular complexity index is 811. The van der Waals surface area contributed by atoms with Crippen LogP contribution in [-0.2, 0) is 10.0 Å². The molecule has 1 aromatic rings. The predicted molar refractivity (Wildman–Crippen MR) is 103 cm³/mol. The number of benzene rings is 1. The van der Waals surface area contributed by atoms with Crippen LogP contribution in [0.1, 0.15) is 18.9 Å². The van der Waals surface area contributed by atoms with Gasteiger partial charge >= 0.3 is 0 Å². The minimum Gasteiger partial charge on any atom is -0.224 e. The maximum atomic E-state index is 12.9. The largest absolute Gasteiger partial charge is 0.270 e. The number of hydrogen-bond donors (Lipinski definition) is 0. The molecule has 0 saturated heterocycles.